The van der Waals surface area contributed by atoms with Gasteiger partial charge in [0.25, 0.3) is 0 Å². The molecule has 41 heavy (non-hydrogen) atoms. The van der Waals surface area contributed by atoms with Crippen LogP contribution < -0.4 is 0 Å². The van der Waals surface area contributed by atoms with Crippen molar-refractivity contribution in [2.75, 3.05) is 52.9 Å². The average molecular weight is 583 g/mol. The van der Waals surface area contributed by atoms with E-state index >= 15 is 0 Å². The Kier molecular flexibility index (Phi) is 17.7. The maximum atomic E-state index is 12.3. The molecular formula is C28H38O13. The maximum Gasteiger partial charge on any atom is 0.330 e. The highest BCUT2D eigenvalue weighted by atomic mass is 16.6. The van der Waals surface area contributed by atoms with Crippen molar-refractivity contribution in [3.63, 3.8) is 0 Å². The van der Waals surface area contributed by atoms with E-state index in [-0.39, 0.29) is 65.7 Å². The Hall–Kier alpha value is -4.26. The van der Waals surface area contributed by atoms with Crippen LogP contribution in [0.1, 0.15) is 26.7 Å². The van der Waals surface area contributed by atoms with E-state index in [1.165, 1.54) is 0 Å². The molecule has 13 nitrogen and oxygen atoms in total. The van der Waals surface area contributed by atoms with Crippen LogP contribution in [0.4, 0.5) is 0 Å². The van der Waals surface area contributed by atoms with Crippen molar-refractivity contribution in [3.8, 4) is 0 Å². The number of carbonyl (C=O) groups excluding carboxylic acids is 6. The fourth-order valence-electron chi connectivity index (χ4n) is 2.83. The van der Waals surface area contributed by atoms with Crippen LogP contribution >= 0.6 is 0 Å². The molecule has 0 aromatic carbocycles. The second-order valence-electron chi connectivity index (χ2n) is 9.28. The molecule has 0 atom stereocenters. The zero-order valence-electron chi connectivity index (χ0n) is 23.5. The Morgan fingerprint density at radius 3 is 1.00 bits per heavy atom. The van der Waals surface area contributed by atoms with Crippen LogP contribution in [0, 0.1) is 10.8 Å². The molecule has 0 aliphatic rings. The van der Waals surface area contributed by atoms with E-state index in [1.807, 2.05) is 0 Å². The summed E-state index contributed by atoms with van der Waals surface area (Å²) < 4.78 is 35.5. The number of esters is 6. The lowest BCUT2D eigenvalue weighted by atomic mass is 9.88. The lowest BCUT2D eigenvalue weighted by Gasteiger charge is -2.27. The summed E-state index contributed by atoms with van der Waals surface area (Å²) in [7, 11) is 0. The molecule has 0 radical (unpaired) electrons. The van der Waals surface area contributed by atoms with Crippen molar-refractivity contribution >= 4 is 35.8 Å². The summed E-state index contributed by atoms with van der Waals surface area (Å²) in [6, 6.07) is 0. The molecule has 0 saturated carbocycles. The Morgan fingerprint density at radius 1 is 0.488 bits per heavy atom. The van der Waals surface area contributed by atoms with Crippen molar-refractivity contribution in [2.24, 2.45) is 10.8 Å². The second kappa shape index (κ2) is 19.7. The zero-order valence-corrected chi connectivity index (χ0v) is 23.5. The standard InChI is InChI=1S/C28H38O13/c1-7-21(29)38-17-27(5,18-39-22(30)8-2)15-25(33)36-13-11-35-12-14-37-26(34)16-28(6,19-40-23(31)9-3)20-41-24(32)10-4/h7-10H,1-4,11-20H2,5-6H3. The minimum absolute atomic E-state index is 0.0103. The average Bonchev–Trinajstić information content (AvgIpc) is 2.95. The monoisotopic (exact) mass is 582 g/mol. The van der Waals surface area contributed by atoms with Crippen LogP contribution in [0.3, 0.4) is 0 Å². The second-order valence-corrected chi connectivity index (χ2v) is 9.28. The molecule has 0 bridgehead atoms. The third kappa shape index (κ3) is 17.9. The van der Waals surface area contributed by atoms with E-state index in [1.54, 1.807) is 13.8 Å². The van der Waals surface area contributed by atoms with Crippen LogP contribution in [0.5, 0.6) is 0 Å². The molecular weight excluding hydrogens is 544 g/mol. The Balaban J connectivity index is 4.55. The van der Waals surface area contributed by atoms with Gasteiger partial charge in [-0.05, 0) is 0 Å². The Labute approximate surface area is 239 Å². The van der Waals surface area contributed by atoms with E-state index < -0.39 is 46.6 Å². The van der Waals surface area contributed by atoms with Gasteiger partial charge in [-0.15, -0.1) is 0 Å². The molecule has 0 N–H and O–H groups in total. The molecule has 0 rings (SSSR count). The van der Waals surface area contributed by atoms with Gasteiger partial charge in [0.2, 0.25) is 0 Å². The molecule has 0 heterocycles. The third-order valence-corrected chi connectivity index (χ3v) is 5.04. The van der Waals surface area contributed by atoms with Gasteiger partial charge < -0.3 is 33.2 Å². The van der Waals surface area contributed by atoms with E-state index in [2.05, 4.69) is 26.3 Å². The zero-order chi connectivity index (χ0) is 31.3. The van der Waals surface area contributed by atoms with Gasteiger partial charge in [0, 0.05) is 35.1 Å². The number of rotatable bonds is 22. The predicted molar refractivity (Wildman–Crippen MR) is 143 cm³/mol. The van der Waals surface area contributed by atoms with Crippen LogP contribution in [-0.4, -0.2) is 88.7 Å². The summed E-state index contributed by atoms with van der Waals surface area (Å²) in [4.78, 5) is 70.2. The normalized spacial score (nSPS) is 10.8. The summed E-state index contributed by atoms with van der Waals surface area (Å²) >= 11 is 0. The first kappa shape index (κ1) is 36.7. The molecule has 13 heteroatoms. The van der Waals surface area contributed by atoms with E-state index in [9.17, 15) is 28.8 Å². The molecule has 0 amide bonds. The summed E-state index contributed by atoms with van der Waals surface area (Å²) in [5.74, 6) is -4.12. The van der Waals surface area contributed by atoms with Crippen molar-refractivity contribution in [3.05, 3.63) is 50.6 Å². The number of hydrogen-bond donors (Lipinski definition) is 0. The summed E-state index contributed by atoms with van der Waals surface area (Å²) in [5.41, 5.74) is -2.13. The van der Waals surface area contributed by atoms with Gasteiger partial charge in [0.05, 0.1) is 26.1 Å². The van der Waals surface area contributed by atoms with Crippen molar-refractivity contribution in [1.82, 2.24) is 0 Å². The highest BCUT2D eigenvalue weighted by molar-refractivity contribution is 5.82. The Bertz CT molecular complexity index is 842. The molecule has 0 unspecified atom stereocenters. The smallest absolute Gasteiger partial charge is 0.330 e. The lowest BCUT2D eigenvalue weighted by molar-refractivity contribution is -0.158. The van der Waals surface area contributed by atoms with Crippen LogP contribution in [0.2, 0.25) is 0 Å². The van der Waals surface area contributed by atoms with E-state index in [4.69, 9.17) is 33.2 Å². The van der Waals surface area contributed by atoms with E-state index in [0.29, 0.717) is 0 Å². The minimum Gasteiger partial charge on any atom is -0.463 e. The third-order valence-electron chi connectivity index (χ3n) is 5.04. The van der Waals surface area contributed by atoms with Gasteiger partial charge in [-0.3, -0.25) is 9.59 Å². The summed E-state index contributed by atoms with van der Waals surface area (Å²) in [5, 5.41) is 0. The topological polar surface area (TPSA) is 167 Å². The first-order valence-corrected chi connectivity index (χ1v) is 12.4. The molecule has 0 saturated heterocycles. The van der Waals surface area contributed by atoms with Gasteiger partial charge in [-0.25, -0.2) is 19.2 Å². The first-order valence-electron chi connectivity index (χ1n) is 12.4. The van der Waals surface area contributed by atoms with Crippen molar-refractivity contribution < 1.29 is 61.9 Å². The van der Waals surface area contributed by atoms with Gasteiger partial charge in [0.15, 0.2) is 0 Å². The quantitative estimate of drug-likeness (QED) is 0.0785. The van der Waals surface area contributed by atoms with E-state index in [0.717, 1.165) is 24.3 Å². The summed E-state index contributed by atoms with van der Waals surface area (Å²) in [6.45, 7) is 15.1. The maximum absolute atomic E-state index is 12.3. The molecule has 0 aliphatic carbocycles. The van der Waals surface area contributed by atoms with Gasteiger partial charge in [-0.2, -0.15) is 0 Å². The van der Waals surface area contributed by atoms with Gasteiger partial charge >= 0.3 is 35.8 Å². The number of carbonyl (C=O) groups is 6. The van der Waals surface area contributed by atoms with Crippen LogP contribution in [0.25, 0.3) is 0 Å². The molecule has 0 aromatic heterocycles. The first-order chi connectivity index (χ1) is 19.3. The number of ether oxygens (including phenoxy) is 7. The largest absolute Gasteiger partial charge is 0.463 e. The molecule has 0 fully saturated rings. The summed E-state index contributed by atoms with van der Waals surface area (Å²) in [6.07, 6.45) is 3.38. The fraction of sp³-hybridized carbons (Fsp3) is 0.500. The fourth-order valence-corrected chi connectivity index (χ4v) is 2.83. The highest BCUT2D eigenvalue weighted by Gasteiger charge is 2.33. The molecule has 228 valence electrons. The Morgan fingerprint density at radius 2 is 0.756 bits per heavy atom. The van der Waals surface area contributed by atoms with Crippen LogP contribution in [0.15, 0.2) is 50.6 Å². The van der Waals surface area contributed by atoms with Crippen molar-refractivity contribution in [2.45, 2.75) is 26.7 Å². The van der Waals surface area contributed by atoms with Crippen molar-refractivity contribution in [1.29, 1.82) is 0 Å². The van der Waals surface area contributed by atoms with Crippen LogP contribution in [-0.2, 0) is 61.9 Å². The molecule has 0 aromatic rings. The lowest BCUT2D eigenvalue weighted by Crippen LogP contribution is -2.34. The predicted octanol–water partition coefficient (Wildman–Crippen LogP) is 1.80. The van der Waals surface area contributed by atoms with Gasteiger partial charge in [-0.1, -0.05) is 40.2 Å². The SMILES string of the molecule is C=CC(=O)OCC(C)(COC(=O)C=C)CC(=O)OCCOCCOC(=O)CC(C)(COC(=O)C=C)COC(=O)C=C. The molecule has 0 aliphatic heterocycles. The highest BCUT2D eigenvalue weighted by Crippen LogP contribution is 2.25. The van der Waals surface area contributed by atoms with Gasteiger partial charge in [0.1, 0.15) is 39.6 Å². The molecule has 0 spiro atoms. The number of hydrogen-bond acceptors (Lipinski definition) is 13. The minimum atomic E-state index is -1.06.